The first kappa shape index (κ1) is 11.8. The lowest BCUT2D eigenvalue weighted by Crippen LogP contribution is -2.15. The van der Waals surface area contributed by atoms with Gasteiger partial charge in [-0.25, -0.2) is 4.39 Å². The first-order valence-corrected chi connectivity index (χ1v) is 5.44. The zero-order valence-electron chi connectivity index (χ0n) is 8.90. The van der Waals surface area contributed by atoms with Crippen LogP contribution in [0, 0.1) is 5.82 Å². The molecule has 0 radical (unpaired) electrons. The van der Waals surface area contributed by atoms with Gasteiger partial charge in [-0.2, -0.15) is 5.11 Å². The molecule has 0 aromatic heterocycles. The third-order valence-electron chi connectivity index (χ3n) is 2.28. The maximum Gasteiger partial charge on any atom is 0.158 e. The van der Waals surface area contributed by atoms with Gasteiger partial charge < -0.3 is 11.5 Å². The predicted octanol–water partition coefficient (Wildman–Crippen LogP) is 2.30. The van der Waals surface area contributed by atoms with Crippen LogP contribution in [0.1, 0.15) is 18.4 Å². The van der Waals surface area contributed by atoms with Crippen molar-refractivity contribution in [2.75, 3.05) is 5.73 Å². The highest BCUT2D eigenvalue weighted by molar-refractivity contribution is 6.33. The molecule has 0 aliphatic heterocycles. The van der Waals surface area contributed by atoms with Crippen molar-refractivity contribution in [3.05, 3.63) is 28.5 Å². The Morgan fingerprint density at radius 2 is 2.12 bits per heavy atom. The van der Waals surface area contributed by atoms with Crippen molar-refractivity contribution in [3.8, 4) is 0 Å². The van der Waals surface area contributed by atoms with Crippen LogP contribution in [0.15, 0.2) is 27.6 Å². The highest BCUT2D eigenvalue weighted by Crippen LogP contribution is 2.24. The summed E-state index contributed by atoms with van der Waals surface area (Å²) in [7, 11) is 0. The Bertz CT molecular complexity index is 496. The van der Waals surface area contributed by atoms with Crippen LogP contribution < -0.4 is 11.5 Å². The lowest BCUT2D eigenvalue weighted by molar-refractivity contribution is 0.625. The number of hydrogen-bond acceptors (Lipinski definition) is 3. The summed E-state index contributed by atoms with van der Waals surface area (Å²) in [5, 5.41) is 11.2. The third-order valence-corrected chi connectivity index (χ3v) is 2.60. The number of nitrogens with two attached hydrogens (primary N) is 2. The molecular formula is C10H11ClFN5. The van der Waals surface area contributed by atoms with Crippen molar-refractivity contribution >= 4 is 23.1 Å². The van der Waals surface area contributed by atoms with Crippen LogP contribution in [0.25, 0.3) is 0 Å². The minimum atomic E-state index is -0.591. The summed E-state index contributed by atoms with van der Waals surface area (Å²) in [6.07, 6.45) is 2.03. The minimum absolute atomic E-state index is 0.0710. The summed E-state index contributed by atoms with van der Waals surface area (Å²) in [5.74, 6) is -0.665. The quantitative estimate of drug-likeness (QED) is 0.285. The Hall–Kier alpha value is -1.69. The standard InChI is InChI=1S/C10H11ClFN5/c11-7-4-8(12)6(3-9(7)13)10(14)16-17-15-5-1-2-5/h3-5H,1-2,13H2,(H2,14,15,16). The molecule has 0 amide bonds. The van der Waals surface area contributed by atoms with Crippen LogP contribution in [0.3, 0.4) is 0 Å². The van der Waals surface area contributed by atoms with E-state index in [9.17, 15) is 4.39 Å². The minimum Gasteiger partial charge on any atom is -0.398 e. The molecule has 0 heterocycles. The van der Waals surface area contributed by atoms with Gasteiger partial charge in [0.1, 0.15) is 5.82 Å². The number of benzene rings is 1. The van der Waals surface area contributed by atoms with Crippen LogP contribution in [0.5, 0.6) is 0 Å². The van der Waals surface area contributed by atoms with Gasteiger partial charge in [-0.05, 0) is 30.2 Å². The van der Waals surface area contributed by atoms with Crippen molar-refractivity contribution in [1.82, 2.24) is 0 Å². The number of amidine groups is 1. The summed E-state index contributed by atoms with van der Waals surface area (Å²) in [5.41, 5.74) is 11.4. The zero-order valence-corrected chi connectivity index (χ0v) is 9.65. The van der Waals surface area contributed by atoms with Crippen molar-refractivity contribution in [1.29, 1.82) is 0 Å². The Kier molecular flexibility index (Phi) is 3.23. The number of nitrogens with zero attached hydrogens (tertiary/aromatic N) is 3. The average molecular weight is 256 g/mol. The van der Waals surface area contributed by atoms with Gasteiger partial charge >= 0.3 is 0 Å². The Morgan fingerprint density at radius 1 is 1.41 bits per heavy atom. The van der Waals surface area contributed by atoms with Crippen molar-refractivity contribution in [2.45, 2.75) is 18.9 Å². The molecule has 0 bridgehead atoms. The monoisotopic (exact) mass is 255 g/mol. The Morgan fingerprint density at radius 3 is 2.76 bits per heavy atom. The molecule has 0 unspecified atom stereocenters. The molecule has 0 spiro atoms. The van der Waals surface area contributed by atoms with E-state index in [1.165, 1.54) is 6.07 Å². The molecule has 7 heteroatoms. The van der Waals surface area contributed by atoms with Crippen molar-refractivity contribution in [3.63, 3.8) is 0 Å². The highest BCUT2D eigenvalue weighted by atomic mass is 35.5. The molecule has 2 rings (SSSR count). The van der Waals surface area contributed by atoms with E-state index in [1.54, 1.807) is 0 Å². The van der Waals surface area contributed by atoms with E-state index in [4.69, 9.17) is 23.1 Å². The van der Waals surface area contributed by atoms with Gasteiger partial charge in [0, 0.05) is 0 Å². The molecule has 90 valence electrons. The lowest BCUT2D eigenvalue weighted by Gasteiger charge is -2.04. The van der Waals surface area contributed by atoms with Crippen LogP contribution in [0.2, 0.25) is 5.02 Å². The molecule has 0 saturated heterocycles. The summed E-state index contributed by atoms with van der Waals surface area (Å²) in [4.78, 5) is 0. The Labute approximate surface area is 102 Å². The van der Waals surface area contributed by atoms with Gasteiger partial charge in [-0.1, -0.05) is 11.6 Å². The summed E-state index contributed by atoms with van der Waals surface area (Å²) >= 11 is 5.66. The molecule has 5 nitrogen and oxygen atoms in total. The second-order valence-electron chi connectivity index (χ2n) is 3.77. The average Bonchev–Trinajstić information content (AvgIpc) is 3.07. The molecule has 1 saturated carbocycles. The molecule has 1 aliphatic rings. The second kappa shape index (κ2) is 4.67. The maximum absolute atomic E-state index is 13.5. The van der Waals surface area contributed by atoms with Crippen LogP contribution >= 0.6 is 11.6 Å². The molecule has 1 aliphatic carbocycles. The zero-order chi connectivity index (χ0) is 12.4. The van der Waals surface area contributed by atoms with Gasteiger partial charge in [0.25, 0.3) is 0 Å². The van der Waals surface area contributed by atoms with Gasteiger partial charge in [0.05, 0.1) is 22.3 Å². The van der Waals surface area contributed by atoms with Gasteiger partial charge in [-0.3, -0.25) is 0 Å². The lowest BCUT2D eigenvalue weighted by atomic mass is 10.2. The summed E-state index contributed by atoms with van der Waals surface area (Å²) in [6, 6.07) is 2.65. The van der Waals surface area contributed by atoms with E-state index in [0.717, 1.165) is 18.9 Å². The first-order valence-electron chi connectivity index (χ1n) is 5.06. The molecule has 4 N–H and O–H groups in total. The summed E-state index contributed by atoms with van der Waals surface area (Å²) < 4.78 is 13.5. The smallest absolute Gasteiger partial charge is 0.158 e. The first-order chi connectivity index (χ1) is 8.08. The van der Waals surface area contributed by atoms with Crippen LogP contribution in [-0.2, 0) is 0 Å². The van der Waals surface area contributed by atoms with Gasteiger partial charge in [0.15, 0.2) is 5.84 Å². The molecule has 1 fully saturated rings. The highest BCUT2D eigenvalue weighted by Gasteiger charge is 2.20. The number of rotatable bonds is 3. The second-order valence-corrected chi connectivity index (χ2v) is 4.18. The normalized spacial score (nSPS) is 16.7. The van der Waals surface area contributed by atoms with E-state index in [1.807, 2.05) is 0 Å². The topological polar surface area (TPSA) is 89.1 Å². The van der Waals surface area contributed by atoms with E-state index >= 15 is 0 Å². The number of anilines is 1. The number of hydrogen-bond donors (Lipinski definition) is 2. The predicted molar refractivity (Wildman–Crippen MR) is 64.4 cm³/mol. The fourth-order valence-electron chi connectivity index (χ4n) is 1.15. The van der Waals surface area contributed by atoms with Crippen molar-refractivity contribution in [2.24, 2.45) is 21.2 Å². The molecule has 0 atom stereocenters. The maximum atomic E-state index is 13.5. The molecular weight excluding hydrogens is 245 g/mol. The van der Waals surface area contributed by atoms with Gasteiger partial charge in [0.2, 0.25) is 0 Å². The SMILES string of the molecule is N/C(=N\N=NC1CC1)c1cc(N)c(Cl)cc1F. The molecule has 1 aromatic carbocycles. The van der Waals surface area contributed by atoms with Crippen molar-refractivity contribution < 1.29 is 4.39 Å². The fraction of sp³-hybridized carbons (Fsp3) is 0.300. The third kappa shape index (κ3) is 2.91. The van der Waals surface area contributed by atoms with Crippen LogP contribution in [-0.4, -0.2) is 11.9 Å². The largest absolute Gasteiger partial charge is 0.398 e. The molecule has 1 aromatic rings. The number of halogens is 2. The van der Waals surface area contributed by atoms with E-state index in [0.29, 0.717) is 0 Å². The molecule has 17 heavy (non-hydrogen) atoms. The van der Waals surface area contributed by atoms with Crippen LogP contribution in [0.4, 0.5) is 10.1 Å². The summed E-state index contributed by atoms with van der Waals surface area (Å²) in [6.45, 7) is 0. The van der Waals surface area contributed by atoms with E-state index in [-0.39, 0.29) is 28.2 Å². The number of nitrogen functional groups attached to an aromatic ring is 1. The Balaban J connectivity index is 2.22. The van der Waals surface area contributed by atoms with E-state index in [2.05, 4.69) is 15.4 Å². The van der Waals surface area contributed by atoms with E-state index < -0.39 is 5.82 Å². The fourth-order valence-corrected chi connectivity index (χ4v) is 1.30. The van der Waals surface area contributed by atoms with Gasteiger partial charge in [-0.15, -0.1) is 5.10 Å².